The van der Waals surface area contributed by atoms with E-state index >= 15 is 0 Å². The van der Waals surface area contributed by atoms with Crippen molar-refractivity contribution in [3.8, 4) is 23.7 Å². The van der Waals surface area contributed by atoms with Gasteiger partial charge in [-0.15, -0.1) is 11.8 Å². The third-order valence-electron chi connectivity index (χ3n) is 2.62. The van der Waals surface area contributed by atoms with Crippen LogP contribution in [0.4, 0.5) is 0 Å². The lowest BCUT2D eigenvalue weighted by atomic mass is 9.83. The van der Waals surface area contributed by atoms with Crippen LogP contribution in [0.25, 0.3) is 0 Å². The Labute approximate surface area is 114 Å². The summed E-state index contributed by atoms with van der Waals surface area (Å²) in [5.74, 6) is 11.4. The van der Waals surface area contributed by atoms with E-state index in [9.17, 15) is 4.79 Å². The number of Topliss-reactive ketones (excluding diaryl/α,β-unsaturated/α-hetero) is 1. The van der Waals surface area contributed by atoms with Gasteiger partial charge in [0, 0.05) is 6.42 Å². The monoisotopic (exact) mass is 262 g/mol. The SMILES string of the molecule is CC#CC1(OCC#CCCC)C(=O)C(OC)=C1OC. The van der Waals surface area contributed by atoms with Crippen molar-refractivity contribution in [1.29, 1.82) is 0 Å². The average Bonchev–Trinajstić information content (AvgIpc) is 2.42. The molecule has 0 aliphatic heterocycles. The molecule has 0 saturated carbocycles. The van der Waals surface area contributed by atoms with E-state index in [0.717, 1.165) is 12.8 Å². The summed E-state index contributed by atoms with van der Waals surface area (Å²) in [5, 5.41) is 0. The van der Waals surface area contributed by atoms with Gasteiger partial charge in [0.05, 0.1) is 14.2 Å². The Morgan fingerprint density at radius 1 is 1.21 bits per heavy atom. The van der Waals surface area contributed by atoms with Crippen LogP contribution in [0.3, 0.4) is 0 Å². The van der Waals surface area contributed by atoms with Crippen molar-refractivity contribution in [2.75, 3.05) is 20.8 Å². The second-order valence-corrected chi connectivity index (χ2v) is 3.84. The van der Waals surface area contributed by atoms with Gasteiger partial charge in [-0.3, -0.25) is 4.79 Å². The summed E-state index contributed by atoms with van der Waals surface area (Å²) in [6, 6.07) is 0. The lowest BCUT2D eigenvalue weighted by molar-refractivity contribution is -0.143. The van der Waals surface area contributed by atoms with Crippen LogP contribution in [-0.2, 0) is 19.0 Å². The summed E-state index contributed by atoms with van der Waals surface area (Å²) >= 11 is 0. The fourth-order valence-electron chi connectivity index (χ4n) is 1.75. The van der Waals surface area contributed by atoms with Crippen LogP contribution >= 0.6 is 0 Å². The van der Waals surface area contributed by atoms with E-state index in [1.807, 2.05) is 6.92 Å². The fraction of sp³-hybridized carbons (Fsp3) is 0.533. The van der Waals surface area contributed by atoms with Gasteiger partial charge in [-0.05, 0) is 13.3 Å². The molecular weight excluding hydrogens is 244 g/mol. The van der Waals surface area contributed by atoms with E-state index in [-0.39, 0.29) is 18.1 Å². The first-order valence-electron chi connectivity index (χ1n) is 6.09. The van der Waals surface area contributed by atoms with Gasteiger partial charge in [-0.25, -0.2) is 0 Å². The first-order chi connectivity index (χ1) is 9.17. The number of ketones is 1. The summed E-state index contributed by atoms with van der Waals surface area (Å²) in [4.78, 5) is 12.1. The van der Waals surface area contributed by atoms with Crippen LogP contribution in [-0.4, -0.2) is 32.2 Å². The van der Waals surface area contributed by atoms with Crippen molar-refractivity contribution in [2.45, 2.75) is 32.3 Å². The molecule has 0 radical (unpaired) electrons. The molecule has 4 heteroatoms. The number of carbonyl (C=O) groups excluding carboxylic acids is 1. The molecule has 0 saturated heterocycles. The molecule has 0 spiro atoms. The molecule has 1 atom stereocenters. The molecule has 1 unspecified atom stereocenters. The molecule has 0 aromatic carbocycles. The number of unbranched alkanes of at least 4 members (excludes halogenated alkanes) is 1. The summed E-state index contributed by atoms with van der Waals surface area (Å²) in [5.41, 5.74) is -1.35. The predicted molar refractivity (Wildman–Crippen MR) is 70.9 cm³/mol. The van der Waals surface area contributed by atoms with Gasteiger partial charge < -0.3 is 14.2 Å². The van der Waals surface area contributed by atoms with Crippen LogP contribution in [0.1, 0.15) is 26.7 Å². The Kier molecular flexibility index (Phi) is 5.48. The molecule has 1 rings (SSSR count). The zero-order valence-corrected chi connectivity index (χ0v) is 11.8. The highest BCUT2D eigenvalue weighted by molar-refractivity contribution is 6.12. The lowest BCUT2D eigenvalue weighted by Crippen LogP contribution is -2.53. The molecule has 0 amide bonds. The predicted octanol–water partition coefficient (Wildman–Crippen LogP) is 1.66. The highest BCUT2D eigenvalue weighted by Crippen LogP contribution is 2.38. The maximum atomic E-state index is 12.1. The summed E-state index contributed by atoms with van der Waals surface area (Å²) in [6.07, 6.45) is 1.79. The third-order valence-corrected chi connectivity index (χ3v) is 2.62. The number of hydrogen-bond acceptors (Lipinski definition) is 4. The van der Waals surface area contributed by atoms with Gasteiger partial charge in [0.1, 0.15) is 6.61 Å². The maximum Gasteiger partial charge on any atom is 0.258 e. The smallest absolute Gasteiger partial charge is 0.258 e. The molecule has 19 heavy (non-hydrogen) atoms. The minimum absolute atomic E-state index is 0.129. The molecule has 1 aliphatic rings. The number of ether oxygens (including phenoxy) is 3. The van der Waals surface area contributed by atoms with Crippen molar-refractivity contribution < 1.29 is 19.0 Å². The van der Waals surface area contributed by atoms with Gasteiger partial charge in [0.25, 0.3) is 11.4 Å². The Hall–Kier alpha value is -1.91. The molecule has 0 aromatic rings. The Bertz CT molecular complexity index is 496. The second-order valence-electron chi connectivity index (χ2n) is 3.84. The highest BCUT2D eigenvalue weighted by atomic mass is 16.6. The number of carbonyl (C=O) groups is 1. The van der Waals surface area contributed by atoms with Gasteiger partial charge in [0.15, 0.2) is 5.76 Å². The number of rotatable bonds is 5. The maximum absolute atomic E-state index is 12.1. The number of methoxy groups -OCH3 is 2. The topological polar surface area (TPSA) is 44.8 Å². The van der Waals surface area contributed by atoms with Gasteiger partial charge in [-0.1, -0.05) is 18.8 Å². The first-order valence-corrected chi connectivity index (χ1v) is 6.09. The second kappa shape index (κ2) is 6.87. The summed E-state index contributed by atoms with van der Waals surface area (Å²) in [6.45, 7) is 3.81. The van der Waals surface area contributed by atoms with Crippen LogP contribution in [0.2, 0.25) is 0 Å². The molecule has 0 aromatic heterocycles. The molecule has 0 N–H and O–H groups in total. The Morgan fingerprint density at radius 3 is 2.47 bits per heavy atom. The highest BCUT2D eigenvalue weighted by Gasteiger charge is 2.58. The van der Waals surface area contributed by atoms with E-state index in [2.05, 4.69) is 23.7 Å². The third kappa shape index (κ3) is 2.75. The Morgan fingerprint density at radius 2 is 1.95 bits per heavy atom. The molecule has 102 valence electrons. The van der Waals surface area contributed by atoms with Crippen molar-refractivity contribution >= 4 is 5.78 Å². The molecule has 0 fully saturated rings. The van der Waals surface area contributed by atoms with Crippen LogP contribution in [0.5, 0.6) is 0 Å². The van der Waals surface area contributed by atoms with E-state index in [0.29, 0.717) is 5.76 Å². The van der Waals surface area contributed by atoms with Crippen LogP contribution in [0.15, 0.2) is 11.5 Å². The van der Waals surface area contributed by atoms with Crippen molar-refractivity contribution in [3.63, 3.8) is 0 Å². The van der Waals surface area contributed by atoms with E-state index in [4.69, 9.17) is 14.2 Å². The average molecular weight is 262 g/mol. The summed E-state index contributed by atoms with van der Waals surface area (Å²) in [7, 11) is 2.87. The van der Waals surface area contributed by atoms with Gasteiger partial charge in [-0.2, -0.15) is 0 Å². The first kappa shape index (κ1) is 15.1. The van der Waals surface area contributed by atoms with Crippen molar-refractivity contribution in [2.24, 2.45) is 0 Å². The van der Waals surface area contributed by atoms with E-state index in [1.54, 1.807) is 6.92 Å². The minimum atomic E-state index is -1.35. The van der Waals surface area contributed by atoms with Gasteiger partial charge in [0.2, 0.25) is 5.76 Å². The molecule has 4 nitrogen and oxygen atoms in total. The Balaban J connectivity index is 2.89. The zero-order chi connectivity index (χ0) is 14.3. The van der Waals surface area contributed by atoms with E-state index < -0.39 is 5.60 Å². The lowest BCUT2D eigenvalue weighted by Gasteiger charge is -2.36. The molecule has 0 bridgehead atoms. The van der Waals surface area contributed by atoms with Gasteiger partial charge >= 0.3 is 0 Å². The van der Waals surface area contributed by atoms with E-state index in [1.165, 1.54) is 14.2 Å². The minimum Gasteiger partial charge on any atom is -0.493 e. The standard InChI is InChI=1S/C15H18O4/c1-5-7-8-9-11-19-15(10-6-2)13(16)12(17-3)14(15)18-4/h5,7,11H2,1-4H3. The molecular formula is C15H18O4. The zero-order valence-electron chi connectivity index (χ0n) is 11.8. The largest absolute Gasteiger partial charge is 0.493 e. The number of hydrogen-bond donors (Lipinski definition) is 0. The quantitative estimate of drug-likeness (QED) is 0.707. The molecule has 0 heterocycles. The fourth-order valence-corrected chi connectivity index (χ4v) is 1.75. The molecule has 1 aliphatic carbocycles. The normalized spacial score (nSPS) is 20.7. The van der Waals surface area contributed by atoms with Crippen LogP contribution < -0.4 is 0 Å². The van der Waals surface area contributed by atoms with Crippen molar-refractivity contribution in [1.82, 2.24) is 0 Å². The summed E-state index contributed by atoms with van der Waals surface area (Å²) < 4.78 is 15.7. The van der Waals surface area contributed by atoms with Crippen molar-refractivity contribution in [3.05, 3.63) is 11.5 Å². The van der Waals surface area contributed by atoms with Crippen LogP contribution in [0, 0.1) is 23.7 Å².